The van der Waals surface area contributed by atoms with Gasteiger partial charge in [-0.15, -0.1) is 0 Å². The molecule has 1 aliphatic heterocycles. The largest absolute Gasteiger partial charge is 0.350 e. The van der Waals surface area contributed by atoms with Crippen LogP contribution >= 0.6 is 0 Å². The number of carbonyl (C=O) groups excluding carboxylic acids is 5. The van der Waals surface area contributed by atoms with Crippen molar-refractivity contribution in [3.63, 3.8) is 0 Å². The number of likely N-dealkylation sites (tertiary alicyclic amines) is 1. The van der Waals surface area contributed by atoms with E-state index in [0.29, 0.717) is 42.4 Å². The van der Waals surface area contributed by atoms with Crippen LogP contribution in [0.3, 0.4) is 0 Å². The summed E-state index contributed by atoms with van der Waals surface area (Å²) in [6, 6.07) is 17.1. The number of nitrogens with one attached hydrogen (secondary N) is 3. The summed E-state index contributed by atoms with van der Waals surface area (Å²) in [7, 11) is 0. The monoisotopic (exact) mass is 501 g/mol. The van der Waals surface area contributed by atoms with Gasteiger partial charge in [0.15, 0.2) is 0 Å². The molecular formula is C27H27N5O5. The molecule has 1 aromatic heterocycles. The molecule has 1 aliphatic rings. The molecule has 4 rings (SSSR count). The number of Topliss-reactive ketones (excluding diaryl/α,β-unsaturated/α-hetero) is 1. The van der Waals surface area contributed by atoms with Crippen LogP contribution in [0.2, 0.25) is 0 Å². The van der Waals surface area contributed by atoms with Crippen molar-refractivity contribution in [2.75, 3.05) is 19.6 Å². The number of carbonyl (C=O) groups is 5. The van der Waals surface area contributed by atoms with Gasteiger partial charge in [0.1, 0.15) is 6.04 Å². The molecule has 0 spiro atoms. The van der Waals surface area contributed by atoms with Crippen molar-refractivity contribution in [3.8, 4) is 0 Å². The van der Waals surface area contributed by atoms with Gasteiger partial charge in [-0.25, -0.2) is 0 Å². The minimum Gasteiger partial charge on any atom is -0.350 e. The molecule has 2 heterocycles. The first-order chi connectivity index (χ1) is 17.9. The highest BCUT2D eigenvalue weighted by Gasteiger charge is 2.37. The third-order valence-electron chi connectivity index (χ3n) is 6.14. The van der Waals surface area contributed by atoms with Crippen LogP contribution < -0.4 is 16.0 Å². The van der Waals surface area contributed by atoms with Crippen molar-refractivity contribution >= 4 is 40.3 Å². The maximum Gasteiger partial charge on any atom is 0.290 e. The lowest BCUT2D eigenvalue weighted by Gasteiger charge is -2.23. The lowest BCUT2D eigenvalue weighted by atomic mass is 10.1. The van der Waals surface area contributed by atoms with Gasteiger partial charge in [-0.1, -0.05) is 48.5 Å². The molecule has 10 heteroatoms. The summed E-state index contributed by atoms with van der Waals surface area (Å²) in [5.41, 5.74) is 1.95. The molecule has 0 saturated carbocycles. The van der Waals surface area contributed by atoms with Crippen LogP contribution in [0.5, 0.6) is 0 Å². The van der Waals surface area contributed by atoms with E-state index in [4.69, 9.17) is 0 Å². The normalized spacial score (nSPS) is 14.7. The van der Waals surface area contributed by atoms with Crippen molar-refractivity contribution in [2.45, 2.75) is 25.4 Å². The molecule has 190 valence electrons. The SMILES string of the molecule is O=C(CNC(=O)C(=O)C1CCCN1C(=O)CNC(=O)c1ccnc2ccccc12)NCc1ccccc1. The molecule has 1 saturated heterocycles. The van der Waals surface area contributed by atoms with Gasteiger partial charge in [0.05, 0.1) is 24.2 Å². The van der Waals surface area contributed by atoms with Crippen molar-refractivity contribution in [3.05, 3.63) is 78.0 Å². The van der Waals surface area contributed by atoms with E-state index in [-0.39, 0.29) is 13.1 Å². The number of ketones is 1. The Hall–Kier alpha value is -4.60. The number of fused-ring (bicyclic) bond motifs is 1. The molecule has 1 unspecified atom stereocenters. The third kappa shape index (κ3) is 6.35. The second-order valence-electron chi connectivity index (χ2n) is 8.61. The zero-order valence-electron chi connectivity index (χ0n) is 20.1. The molecule has 0 aliphatic carbocycles. The number of nitrogens with zero attached hydrogens (tertiary/aromatic N) is 2. The van der Waals surface area contributed by atoms with Crippen molar-refractivity contribution in [2.24, 2.45) is 0 Å². The molecule has 3 N–H and O–H groups in total. The Bertz CT molecular complexity index is 1320. The smallest absolute Gasteiger partial charge is 0.290 e. The van der Waals surface area contributed by atoms with E-state index in [1.54, 1.807) is 24.3 Å². The van der Waals surface area contributed by atoms with E-state index in [1.165, 1.54) is 11.1 Å². The molecule has 4 amide bonds. The van der Waals surface area contributed by atoms with Gasteiger partial charge in [0.25, 0.3) is 11.8 Å². The van der Waals surface area contributed by atoms with Gasteiger partial charge >= 0.3 is 0 Å². The molecule has 10 nitrogen and oxygen atoms in total. The first-order valence-corrected chi connectivity index (χ1v) is 12.0. The van der Waals surface area contributed by atoms with Gasteiger partial charge in [-0.3, -0.25) is 29.0 Å². The Morgan fingerprint density at radius 2 is 1.62 bits per heavy atom. The first-order valence-electron chi connectivity index (χ1n) is 12.0. The van der Waals surface area contributed by atoms with Crippen molar-refractivity contribution in [1.82, 2.24) is 25.8 Å². The van der Waals surface area contributed by atoms with E-state index in [0.717, 1.165) is 5.56 Å². The number of pyridine rings is 1. The summed E-state index contributed by atoms with van der Waals surface area (Å²) >= 11 is 0. The minimum atomic E-state index is -0.932. The molecule has 0 radical (unpaired) electrons. The van der Waals surface area contributed by atoms with Crippen LogP contribution in [-0.4, -0.2) is 65.0 Å². The summed E-state index contributed by atoms with van der Waals surface area (Å²) in [6.07, 6.45) is 2.41. The highest BCUT2D eigenvalue weighted by molar-refractivity contribution is 6.38. The van der Waals surface area contributed by atoms with E-state index in [2.05, 4.69) is 20.9 Å². The maximum atomic E-state index is 12.8. The van der Waals surface area contributed by atoms with E-state index in [9.17, 15) is 24.0 Å². The first kappa shape index (κ1) is 25.5. The van der Waals surface area contributed by atoms with E-state index in [1.807, 2.05) is 36.4 Å². The second kappa shape index (κ2) is 11.9. The summed E-state index contributed by atoms with van der Waals surface area (Å²) < 4.78 is 0. The van der Waals surface area contributed by atoms with Crippen LogP contribution in [0.25, 0.3) is 10.9 Å². The fraction of sp³-hybridized carbons (Fsp3) is 0.259. The lowest BCUT2D eigenvalue weighted by molar-refractivity contribution is -0.144. The fourth-order valence-electron chi connectivity index (χ4n) is 4.24. The highest BCUT2D eigenvalue weighted by atomic mass is 16.2. The Kier molecular flexibility index (Phi) is 8.19. The van der Waals surface area contributed by atoms with Gasteiger partial charge in [0, 0.05) is 24.7 Å². The highest BCUT2D eigenvalue weighted by Crippen LogP contribution is 2.19. The number of benzene rings is 2. The number of hydrogen-bond donors (Lipinski definition) is 3. The quantitative estimate of drug-likeness (QED) is 0.374. The minimum absolute atomic E-state index is 0.300. The summed E-state index contributed by atoms with van der Waals surface area (Å²) in [5, 5.41) is 8.26. The van der Waals surface area contributed by atoms with Crippen LogP contribution in [0.4, 0.5) is 0 Å². The van der Waals surface area contributed by atoms with Crippen LogP contribution in [-0.2, 0) is 25.7 Å². The molecule has 1 atom stereocenters. The van der Waals surface area contributed by atoms with E-state index >= 15 is 0 Å². The standard InChI is InChI=1S/C27H27N5O5/c33-23(29-15-18-7-2-1-3-8-18)16-30-27(37)25(35)22-11-6-14-32(22)24(34)17-31-26(36)20-12-13-28-21-10-5-4-9-19(20)21/h1-5,7-10,12-13,22H,6,11,14-17H2,(H,29,33)(H,30,37)(H,31,36). The number of rotatable bonds is 9. The topological polar surface area (TPSA) is 138 Å². The predicted molar refractivity (Wildman–Crippen MR) is 135 cm³/mol. The average Bonchev–Trinajstić information content (AvgIpc) is 3.43. The van der Waals surface area contributed by atoms with Gasteiger partial charge < -0.3 is 20.9 Å². The molecule has 0 bridgehead atoms. The average molecular weight is 502 g/mol. The van der Waals surface area contributed by atoms with Gasteiger partial charge in [0.2, 0.25) is 17.6 Å². The number of aromatic nitrogens is 1. The molecule has 37 heavy (non-hydrogen) atoms. The van der Waals surface area contributed by atoms with E-state index < -0.39 is 35.5 Å². The van der Waals surface area contributed by atoms with Crippen LogP contribution in [0.15, 0.2) is 66.9 Å². The van der Waals surface area contributed by atoms with Crippen LogP contribution in [0.1, 0.15) is 28.8 Å². The molecule has 1 fully saturated rings. The second-order valence-corrected chi connectivity index (χ2v) is 8.61. The van der Waals surface area contributed by atoms with Crippen molar-refractivity contribution < 1.29 is 24.0 Å². The van der Waals surface area contributed by atoms with Gasteiger partial charge in [-0.05, 0) is 30.5 Å². The van der Waals surface area contributed by atoms with Gasteiger partial charge in [-0.2, -0.15) is 0 Å². The Labute approximate surface area is 213 Å². The zero-order chi connectivity index (χ0) is 26.2. The number of amides is 4. The Balaban J connectivity index is 1.27. The third-order valence-corrected chi connectivity index (χ3v) is 6.14. The number of hydrogen-bond acceptors (Lipinski definition) is 6. The molecule has 3 aromatic rings. The number of para-hydroxylation sites is 1. The van der Waals surface area contributed by atoms with Crippen molar-refractivity contribution in [1.29, 1.82) is 0 Å². The summed E-state index contributed by atoms with van der Waals surface area (Å²) in [6.45, 7) is -0.0691. The van der Waals surface area contributed by atoms with Crippen LogP contribution in [0, 0.1) is 0 Å². The lowest BCUT2D eigenvalue weighted by Crippen LogP contribution is -2.50. The predicted octanol–water partition coefficient (Wildman–Crippen LogP) is 0.957. The molecule has 2 aromatic carbocycles. The zero-order valence-corrected chi connectivity index (χ0v) is 20.1. The Morgan fingerprint density at radius 1 is 0.865 bits per heavy atom. The maximum absolute atomic E-state index is 12.8. The summed E-state index contributed by atoms with van der Waals surface area (Å²) in [5.74, 6) is -3.04. The fourth-order valence-corrected chi connectivity index (χ4v) is 4.24. The Morgan fingerprint density at radius 3 is 2.43 bits per heavy atom. The molecular weight excluding hydrogens is 474 g/mol. The summed E-state index contributed by atoms with van der Waals surface area (Å²) in [4.78, 5) is 68.2.